The number of hydrogen-bond acceptors (Lipinski definition) is 4. The Hall–Kier alpha value is -3.74. The molecule has 0 aliphatic carbocycles. The number of fused-ring (bicyclic) bond motifs is 1. The van der Waals surface area contributed by atoms with E-state index in [1.165, 1.54) is 19.2 Å². The number of nitrogens with zero attached hydrogens (tertiary/aromatic N) is 4. The molecule has 0 radical (unpaired) electrons. The van der Waals surface area contributed by atoms with E-state index in [2.05, 4.69) is 15.4 Å². The second-order valence-corrected chi connectivity index (χ2v) is 5.77. The van der Waals surface area contributed by atoms with Gasteiger partial charge in [0.2, 0.25) is 0 Å². The Bertz CT molecular complexity index is 1160. The van der Waals surface area contributed by atoms with Crippen LogP contribution >= 0.6 is 0 Å². The van der Waals surface area contributed by atoms with Gasteiger partial charge in [-0.25, -0.2) is 9.67 Å². The molecule has 0 atom stereocenters. The van der Waals surface area contributed by atoms with Crippen molar-refractivity contribution in [2.24, 2.45) is 7.05 Å². The van der Waals surface area contributed by atoms with Gasteiger partial charge in [0.25, 0.3) is 11.5 Å². The van der Waals surface area contributed by atoms with E-state index in [0.717, 1.165) is 15.9 Å². The Morgan fingerprint density at radius 3 is 2.58 bits per heavy atom. The minimum Gasteiger partial charge on any atom is -0.319 e. The molecule has 0 fully saturated rings. The van der Waals surface area contributed by atoms with E-state index in [9.17, 15) is 9.59 Å². The summed E-state index contributed by atoms with van der Waals surface area (Å²) >= 11 is 0. The van der Waals surface area contributed by atoms with Crippen molar-refractivity contribution in [2.45, 2.75) is 0 Å². The number of hydrogen-bond donors (Lipinski definition) is 1. The number of carbonyl (C=O) groups excluding carboxylic acids is 1. The molecule has 0 unspecified atom stereocenters. The summed E-state index contributed by atoms with van der Waals surface area (Å²) in [6.45, 7) is 0. The van der Waals surface area contributed by atoms with Crippen LogP contribution in [0, 0.1) is 0 Å². The van der Waals surface area contributed by atoms with Crippen LogP contribution in [0.3, 0.4) is 0 Å². The molecule has 4 aromatic rings. The highest BCUT2D eigenvalue weighted by molar-refractivity contribution is 6.07. The molecule has 1 N–H and O–H groups in total. The molecule has 7 heteroatoms. The summed E-state index contributed by atoms with van der Waals surface area (Å²) in [5.74, 6) is 0.352. The first-order chi connectivity index (χ1) is 12.6. The summed E-state index contributed by atoms with van der Waals surface area (Å²) in [6.07, 6.45) is 3.81. The van der Waals surface area contributed by atoms with Crippen LogP contribution in [0.1, 0.15) is 10.5 Å². The zero-order valence-corrected chi connectivity index (χ0v) is 14.0. The molecule has 0 spiro atoms. The lowest BCUT2D eigenvalue weighted by molar-refractivity contribution is 0.102. The lowest BCUT2D eigenvalue weighted by Gasteiger charge is -2.10. The topological polar surface area (TPSA) is 81.8 Å². The van der Waals surface area contributed by atoms with Gasteiger partial charge in [-0.3, -0.25) is 9.59 Å². The first-order valence-corrected chi connectivity index (χ1v) is 8.01. The van der Waals surface area contributed by atoms with Crippen LogP contribution in [-0.4, -0.2) is 25.2 Å². The van der Waals surface area contributed by atoms with Gasteiger partial charge in [-0.05, 0) is 36.4 Å². The molecule has 128 valence electrons. The van der Waals surface area contributed by atoms with Crippen molar-refractivity contribution in [1.29, 1.82) is 0 Å². The Labute approximate surface area is 148 Å². The highest BCUT2D eigenvalue weighted by atomic mass is 16.2. The predicted molar refractivity (Wildman–Crippen MR) is 98.5 cm³/mol. The maximum absolute atomic E-state index is 12.5. The molecule has 7 nitrogen and oxygen atoms in total. The van der Waals surface area contributed by atoms with Crippen molar-refractivity contribution >= 4 is 22.5 Å². The van der Waals surface area contributed by atoms with Crippen LogP contribution in [0.2, 0.25) is 0 Å². The monoisotopic (exact) mass is 345 g/mol. The number of benzene rings is 1. The number of nitrogens with one attached hydrogen (secondary N) is 1. The van der Waals surface area contributed by atoms with Crippen LogP contribution in [0.4, 0.5) is 5.69 Å². The lowest BCUT2D eigenvalue weighted by Crippen LogP contribution is -2.23. The van der Waals surface area contributed by atoms with Crippen molar-refractivity contribution in [3.05, 3.63) is 83.0 Å². The molecular formula is C19H15N5O2. The summed E-state index contributed by atoms with van der Waals surface area (Å²) < 4.78 is 3.02. The number of carbonyl (C=O) groups is 1. The predicted octanol–water partition coefficient (Wildman–Crippen LogP) is 2.37. The van der Waals surface area contributed by atoms with Gasteiger partial charge in [0, 0.05) is 30.9 Å². The number of aromatic nitrogens is 4. The fourth-order valence-corrected chi connectivity index (χ4v) is 2.68. The summed E-state index contributed by atoms with van der Waals surface area (Å²) in [6, 6.07) is 16.0. The first-order valence-electron chi connectivity index (χ1n) is 8.01. The quantitative estimate of drug-likeness (QED) is 0.618. The second-order valence-electron chi connectivity index (χ2n) is 5.77. The van der Waals surface area contributed by atoms with Crippen LogP contribution in [0.5, 0.6) is 0 Å². The number of aryl methyl sites for hydroxylation is 1. The number of amides is 1. The molecule has 0 aliphatic heterocycles. The van der Waals surface area contributed by atoms with Gasteiger partial charge >= 0.3 is 0 Å². The Kier molecular flexibility index (Phi) is 3.81. The van der Waals surface area contributed by atoms with Gasteiger partial charge in [-0.1, -0.05) is 12.1 Å². The van der Waals surface area contributed by atoms with Crippen LogP contribution < -0.4 is 10.9 Å². The van der Waals surface area contributed by atoms with Crippen molar-refractivity contribution in [3.63, 3.8) is 0 Å². The molecular weight excluding hydrogens is 330 g/mol. The highest BCUT2D eigenvalue weighted by Gasteiger charge is 2.12. The molecule has 4 rings (SSSR count). The third-order valence-electron chi connectivity index (χ3n) is 4.02. The van der Waals surface area contributed by atoms with E-state index in [1.54, 1.807) is 6.07 Å². The maximum atomic E-state index is 12.5. The number of pyridine rings is 1. The summed E-state index contributed by atoms with van der Waals surface area (Å²) in [4.78, 5) is 28.6. The second kappa shape index (κ2) is 6.29. The Balaban J connectivity index is 1.73. The van der Waals surface area contributed by atoms with Crippen LogP contribution in [-0.2, 0) is 7.05 Å². The van der Waals surface area contributed by atoms with E-state index >= 15 is 0 Å². The minimum absolute atomic E-state index is 0.158. The first kappa shape index (κ1) is 15.8. The van der Waals surface area contributed by atoms with Crippen LogP contribution in [0.25, 0.3) is 16.7 Å². The van der Waals surface area contributed by atoms with Gasteiger partial charge in [0.1, 0.15) is 11.5 Å². The largest absolute Gasteiger partial charge is 0.319 e. The van der Waals surface area contributed by atoms with Gasteiger partial charge in [0.05, 0.1) is 11.2 Å². The molecule has 1 amide bonds. The molecule has 1 aromatic carbocycles. The van der Waals surface area contributed by atoms with E-state index in [1.807, 2.05) is 53.4 Å². The summed E-state index contributed by atoms with van der Waals surface area (Å²) in [5.41, 5.74) is 1.14. The third kappa shape index (κ3) is 2.86. The fraction of sp³-hybridized carbons (Fsp3) is 0.0526. The third-order valence-corrected chi connectivity index (χ3v) is 4.02. The van der Waals surface area contributed by atoms with Crippen molar-refractivity contribution in [3.8, 4) is 5.82 Å². The zero-order valence-electron chi connectivity index (χ0n) is 14.0. The minimum atomic E-state index is -0.402. The lowest BCUT2D eigenvalue weighted by atomic mass is 10.2. The van der Waals surface area contributed by atoms with E-state index in [-0.39, 0.29) is 11.3 Å². The fourth-order valence-electron chi connectivity index (χ4n) is 2.68. The number of anilines is 1. The van der Waals surface area contributed by atoms with Gasteiger partial charge in [-0.15, -0.1) is 0 Å². The van der Waals surface area contributed by atoms with Gasteiger partial charge < -0.3 is 9.88 Å². The van der Waals surface area contributed by atoms with Crippen molar-refractivity contribution in [1.82, 2.24) is 19.3 Å². The van der Waals surface area contributed by atoms with E-state index < -0.39 is 5.91 Å². The molecule has 3 heterocycles. The molecule has 26 heavy (non-hydrogen) atoms. The van der Waals surface area contributed by atoms with Gasteiger partial charge in [-0.2, -0.15) is 5.10 Å². The molecule has 0 aliphatic rings. The maximum Gasteiger partial charge on any atom is 0.276 e. The number of para-hydroxylation sites is 1. The SMILES string of the molecule is Cn1nc(C(=O)Nc2cccc3ccc(-n4cccc4)nc23)ccc1=O. The summed E-state index contributed by atoms with van der Waals surface area (Å²) in [7, 11) is 1.50. The van der Waals surface area contributed by atoms with Crippen molar-refractivity contribution < 1.29 is 4.79 Å². The highest BCUT2D eigenvalue weighted by Crippen LogP contribution is 2.23. The van der Waals surface area contributed by atoms with E-state index in [0.29, 0.717) is 11.2 Å². The summed E-state index contributed by atoms with van der Waals surface area (Å²) in [5, 5.41) is 7.72. The Morgan fingerprint density at radius 2 is 1.81 bits per heavy atom. The van der Waals surface area contributed by atoms with Gasteiger partial charge in [0.15, 0.2) is 0 Å². The standard InChI is InChI=1S/C19H15N5O2/c1-23-17(25)10-8-15(22-23)19(26)20-14-6-4-5-13-7-9-16(21-18(13)14)24-11-2-3-12-24/h2-12H,1H3,(H,20,26). The average Bonchev–Trinajstić information content (AvgIpc) is 3.18. The van der Waals surface area contributed by atoms with Crippen molar-refractivity contribution in [2.75, 3.05) is 5.32 Å². The smallest absolute Gasteiger partial charge is 0.276 e. The zero-order chi connectivity index (χ0) is 18.1. The molecule has 0 saturated carbocycles. The normalized spacial score (nSPS) is 10.8. The molecule has 3 aromatic heterocycles. The molecule has 0 bridgehead atoms. The number of rotatable bonds is 3. The molecule has 0 saturated heterocycles. The Morgan fingerprint density at radius 1 is 1.00 bits per heavy atom. The van der Waals surface area contributed by atoms with E-state index in [4.69, 9.17) is 0 Å². The average molecular weight is 345 g/mol. The van der Waals surface area contributed by atoms with Crippen LogP contribution in [0.15, 0.2) is 71.8 Å².